The monoisotopic (exact) mass is 285 g/mol. The third-order valence-electron chi connectivity index (χ3n) is 4.36. The highest BCUT2D eigenvalue weighted by Gasteiger charge is 2.20. The van der Waals surface area contributed by atoms with Crippen molar-refractivity contribution in [1.82, 2.24) is 14.7 Å². The lowest BCUT2D eigenvalue weighted by Gasteiger charge is -2.16. The Balaban J connectivity index is 1.85. The fourth-order valence-electron chi connectivity index (χ4n) is 3.22. The summed E-state index contributed by atoms with van der Waals surface area (Å²) in [6, 6.07) is 4.34. The predicted molar refractivity (Wildman–Crippen MR) is 83.6 cm³/mol. The number of aryl methyl sites for hydroxylation is 2. The second kappa shape index (κ2) is 5.88. The summed E-state index contributed by atoms with van der Waals surface area (Å²) in [5.74, 6) is 0.00996. The van der Waals surface area contributed by atoms with Crippen molar-refractivity contribution in [2.75, 3.05) is 0 Å². The van der Waals surface area contributed by atoms with E-state index in [1.54, 1.807) is 0 Å². The molecule has 1 saturated carbocycles. The maximum absolute atomic E-state index is 12.6. The number of nitrogens with zero attached hydrogens (tertiary/aromatic N) is 2. The van der Waals surface area contributed by atoms with Gasteiger partial charge in [-0.05, 0) is 44.4 Å². The number of hydrogen-bond acceptors (Lipinski definition) is 2. The highest BCUT2D eigenvalue weighted by molar-refractivity contribution is 5.94. The topological polar surface area (TPSA) is 46.4 Å². The van der Waals surface area contributed by atoms with Crippen LogP contribution in [0.25, 0.3) is 5.65 Å². The molecular formula is C17H23N3O. The molecule has 1 N–H and O–H groups in total. The van der Waals surface area contributed by atoms with Gasteiger partial charge in [0.2, 0.25) is 0 Å². The molecule has 4 heteroatoms. The quantitative estimate of drug-likeness (QED) is 0.860. The second-order valence-electron chi connectivity index (χ2n) is 6.14. The Morgan fingerprint density at radius 3 is 2.67 bits per heavy atom. The van der Waals surface area contributed by atoms with E-state index < -0.39 is 0 Å². The first-order chi connectivity index (χ1) is 10.1. The highest BCUT2D eigenvalue weighted by atomic mass is 16.2. The lowest BCUT2D eigenvalue weighted by molar-refractivity contribution is 0.0926. The first kappa shape index (κ1) is 14.1. The molecule has 0 saturated heterocycles. The molecular weight excluding hydrogens is 262 g/mol. The van der Waals surface area contributed by atoms with Gasteiger partial charge >= 0.3 is 0 Å². The molecule has 0 bridgehead atoms. The Labute approximate surface area is 125 Å². The van der Waals surface area contributed by atoms with E-state index in [1.165, 1.54) is 25.7 Å². The van der Waals surface area contributed by atoms with E-state index in [0.29, 0.717) is 11.7 Å². The Bertz CT molecular complexity index is 651. The van der Waals surface area contributed by atoms with Crippen molar-refractivity contribution in [2.24, 2.45) is 0 Å². The standard InChI is InChI=1S/C17H23N3O/c1-12-9-10-20-15(11-12)18-13(2)16(20)17(21)19-14-7-5-3-4-6-8-14/h9-11,14H,3-8H2,1-2H3,(H,19,21). The van der Waals surface area contributed by atoms with Crippen molar-refractivity contribution >= 4 is 11.6 Å². The van der Waals surface area contributed by atoms with E-state index >= 15 is 0 Å². The van der Waals surface area contributed by atoms with Crippen LogP contribution < -0.4 is 5.32 Å². The van der Waals surface area contributed by atoms with Crippen LogP contribution in [0.2, 0.25) is 0 Å². The summed E-state index contributed by atoms with van der Waals surface area (Å²) in [7, 11) is 0. The SMILES string of the molecule is Cc1ccn2c(C(=O)NC3CCCCCC3)c(C)nc2c1. The largest absolute Gasteiger partial charge is 0.348 e. The molecule has 0 aromatic carbocycles. The number of nitrogens with one attached hydrogen (secondary N) is 1. The lowest BCUT2D eigenvalue weighted by Crippen LogP contribution is -2.35. The molecule has 1 aliphatic rings. The molecule has 0 spiro atoms. The number of hydrogen-bond donors (Lipinski definition) is 1. The van der Waals surface area contributed by atoms with Crippen LogP contribution in [0.4, 0.5) is 0 Å². The predicted octanol–water partition coefficient (Wildman–Crippen LogP) is 3.40. The summed E-state index contributed by atoms with van der Waals surface area (Å²) in [5, 5.41) is 3.21. The normalized spacial score (nSPS) is 16.9. The lowest BCUT2D eigenvalue weighted by atomic mass is 10.1. The summed E-state index contributed by atoms with van der Waals surface area (Å²) in [5.41, 5.74) is 3.47. The van der Waals surface area contributed by atoms with Crippen molar-refractivity contribution in [3.05, 3.63) is 35.3 Å². The minimum absolute atomic E-state index is 0.00996. The average molecular weight is 285 g/mol. The zero-order chi connectivity index (χ0) is 14.8. The molecule has 1 aliphatic carbocycles. The molecule has 1 fully saturated rings. The number of rotatable bonds is 2. The fraction of sp³-hybridized carbons (Fsp3) is 0.529. The van der Waals surface area contributed by atoms with Crippen molar-refractivity contribution in [3.63, 3.8) is 0 Å². The van der Waals surface area contributed by atoms with Crippen LogP contribution >= 0.6 is 0 Å². The number of amides is 1. The van der Waals surface area contributed by atoms with Crippen molar-refractivity contribution in [3.8, 4) is 0 Å². The van der Waals surface area contributed by atoms with Gasteiger partial charge in [-0.1, -0.05) is 25.7 Å². The minimum atomic E-state index is 0.00996. The van der Waals surface area contributed by atoms with E-state index in [2.05, 4.69) is 10.3 Å². The molecule has 0 radical (unpaired) electrons. The van der Waals surface area contributed by atoms with Gasteiger partial charge in [0, 0.05) is 12.2 Å². The Morgan fingerprint density at radius 1 is 1.24 bits per heavy atom. The summed E-state index contributed by atoms with van der Waals surface area (Å²) in [6.45, 7) is 3.94. The molecule has 0 atom stereocenters. The molecule has 2 aromatic rings. The number of carbonyl (C=O) groups is 1. The van der Waals surface area contributed by atoms with Gasteiger partial charge in [0.25, 0.3) is 5.91 Å². The maximum atomic E-state index is 12.6. The molecule has 112 valence electrons. The summed E-state index contributed by atoms with van der Waals surface area (Å²) < 4.78 is 1.90. The number of fused-ring (bicyclic) bond motifs is 1. The van der Waals surface area contributed by atoms with Crippen LogP contribution in [-0.2, 0) is 0 Å². The number of pyridine rings is 1. The van der Waals surface area contributed by atoms with Crippen molar-refractivity contribution in [2.45, 2.75) is 58.4 Å². The molecule has 0 aliphatic heterocycles. The van der Waals surface area contributed by atoms with E-state index in [0.717, 1.165) is 29.7 Å². The average Bonchev–Trinajstić information content (AvgIpc) is 2.61. The van der Waals surface area contributed by atoms with Gasteiger partial charge in [-0.2, -0.15) is 0 Å². The van der Waals surface area contributed by atoms with Crippen LogP contribution in [0.5, 0.6) is 0 Å². The number of carbonyl (C=O) groups excluding carboxylic acids is 1. The molecule has 1 amide bonds. The Morgan fingerprint density at radius 2 is 1.95 bits per heavy atom. The summed E-state index contributed by atoms with van der Waals surface area (Å²) >= 11 is 0. The van der Waals surface area contributed by atoms with Gasteiger partial charge in [0.1, 0.15) is 11.3 Å². The zero-order valence-electron chi connectivity index (χ0n) is 12.9. The smallest absolute Gasteiger partial charge is 0.270 e. The molecule has 2 aromatic heterocycles. The maximum Gasteiger partial charge on any atom is 0.270 e. The van der Waals surface area contributed by atoms with Gasteiger partial charge in [0.05, 0.1) is 5.69 Å². The van der Waals surface area contributed by atoms with E-state index in [1.807, 2.05) is 36.6 Å². The number of aromatic nitrogens is 2. The second-order valence-corrected chi connectivity index (χ2v) is 6.14. The Kier molecular flexibility index (Phi) is 3.95. The van der Waals surface area contributed by atoms with Crippen LogP contribution in [0.1, 0.15) is 60.3 Å². The summed E-state index contributed by atoms with van der Waals surface area (Å²) in [6.07, 6.45) is 9.15. The summed E-state index contributed by atoms with van der Waals surface area (Å²) in [4.78, 5) is 17.1. The molecule has 3 rings (SSSR count). The van der Waals surface area contributed by atoms with Crippen LogP contribution in [0.15, 0.2) is 18.3 Å². The van der Waals surface area contributed by atoms with E-state index in [4.69, 9.17) is 0 Å². The zero-order valence-corrected chi connectivity index (χ0v) is 12.9. The van der Waals surface area contributed by atoms with Gasteiger partial charge in [0.15, 0.2) is 0 Å². The molecule has 0 unspecified atom stereocenters. The van der Waals surface area contributed by atoms with Gasteiger partial charge in [-0.3, -0.25) is 9.20 Å². The molecule has 4 nitrogen and oxygen atoms in total. The number of imidazole rings is 1. The Hall–Kier alpha value is -1.84. The third kappa shape index (κ3) is 2.94. The van der Waals surface area contributed by atoms with E-state index in [-0.39, 0.29) is 5.91 Å². The molecule has 2 heterocycles. The van der Waals surface area contributed by atoms with Gasteiger partial charge < -0.3 is 5.32 Å². The highest BCUT2D eigenvalue weighted by Crippen LogP contribution is 2.19. The van der Waals surface area contributed by atoms with Crippen LogP contribution in [0, 0.1) is 13.8 Å². The van der Waals surface area contributed by atoms with Gasteiger partial charge in [-0.15, -0.1) is 0 Å². The first-order valence-corrected chi connectivity index (χ1v) is 7.91. The van der Waals surface area contributed by atoms with Crippen LogP contribution in [0.3, 0.4) is 0 Å². The van der Waals surface area contributed by atoms with Crippen molar-refractivity contribution in [1.29, 1.82) is 0 Å². The van der Waals surface area contributed by atoms with E-state index in [9.17, 15) is 4.79 Å². The van der Waals surface area contributed by atoms with Gasteiger partial charge in [-0.25, -0.2) is 4.98 Å². The van der Waals surface area contributed by atoms with Crippen LogP contribution in [-0.4, -0.2) is 21.3 Å². The fourth-order valence-corrected chi connectivity index (χ4v) is 3.22. The molecule has 21 heavy (non-hydrogen) atoms. The van der Waals surface area contributed by atoms with Crippen molar-refractivity contribution < 1.29 is 4.79 Å². The minimum Gasteiger partial charge on any atom is -0.348 e. The first-order valence-electron chi connectivity index (χ1n) is 7.91. The third-order valence-corrected chi connectivity index (χ3v) is 4.36.